The smallest absolute Gasteiger partial charge is 0.0491 e. The van der Waals surface area contributed by atoms with Crippen molar-refractivity contribution in [3.63, 3.8) is 0 Å². The quantitative estimate of drug-likeness (QED) is 0.788. The van der Waals surface area contributed by atoms with Gasteiger partial charge in [0.05, 0.1) is 0 Å². The molecule has 15 heavy (non-hydrogen) atoms. The fourth-order valence-corrected chi connectivity index (χ4v) is 2.27. The maximum atomic E-state index is 3.62. The highest BCUT2D eigenvalue weighted by Gasteiger charge is 2.09. The van der Waals surface area contributed by atoms with Gasteiger partial charge in [-0.15, -0.1) is 0 Å². The van der Waals surface area contributed by atoms with Gasteiger partial charge in [-0.05, 0) is 53.7 Å². The summed E-state index contributed by atoms with van der Waals surface area (Å²) in [7, 11) is 0. The zero-order chi connectivity index (χ0) is 10.7. The Labute approximate surface area is 99.7 Å². The van der Waals surface area contributed by atoms with Crippen molar-refractivity contribution in [2.45, 2.75) is 32.2 Å². The van der Waals surface area contributed by atoms with E-state index in [0.717, 1.165) is 0 Å². The predicted octanol–water partition coefficient (Wildman–Crippen LogP) is 4.28. The van der Waals surface area contributed by atoms with Gasteiger partial charge in [0, 0.05) is 16.2 Å². The third kappa shape index (κ3) is 2.63. The SMILES string of the molecule is Cc1cccc(NC2C=CCCC2)c1Br. The molecule has 2 heteroatoms. The van der Waals surface area contributed by atoms with E-state index in [1.807, 2.05) is 0 Å². The fourth-order valence-electron chi connectivity index (χ4n) is 1.89. The van der Waals surface area contributed by atoms with Crippen LogP contribution in [0.3, 0.4) is 0 Å². The van der Waals surface area contributed by atoms with Crippen LogP contribution in [-0.4, -0.2) is 6.04 Å². The molecule has 2 rings (SSSR count). The molecular weight excluding hydrogens is 250 g/mol. The van der Waals surface area contributed by atoms with Gasteiger partial charge in [-0.2, -0.15) is 0 Å². The highest BCUT2D eigenvalue weighted by Crippen LogP contribution is 2.27. The lowest BCUT2D eigenvalue weighted by atomic mass is 10.0. The van der Waals surface area contributed by atoms with Crippen molar-refractivity contribution in [1.82, 2.24) is 0 Å². The maximum absolute atomic E-state index is 3.62. The molecule has 0 aromatic heterocycles. The van der Waals surface area contributed by atoms with E-state index < -0.39 is 0 Å². The number of rotatable bonds is 2. The van der Waals surface area contributed by atoms with Crippen molar-refractivity contribution in [2.75, 3.05) is 5.32 Å². The largest absolute Gasteiger partial charge is 0.378 e. The van der Waals surface area contributed by atoms with Crippen molar-refractivity contribution in [2.24, 2.45) is 0 Å². The summed E-state index contributed by atoms with van der Waals surface area (Å²) in [6.07, 6.45) is 8.30. The molecule has 1 aliphatic carbocycles. The molecule has 0 amide bonds. The van der Waals surface area contributed by atoms with E-state index in [-0.39, 0.29) is 0 Å². The first-order valence-corrected chi connectivity index (χ1v) is 6.25. The van der Waals surface area contributed by atoms with Crippen LogP contribution in [0.15, 0.2) is 34.8 Å². The van der Waals surface area contributed by atoms with E-state index in [2.05, 4.69) is 58.5 Å². The Bertz CT molecular complexity index is 371. The maximum Gasteiger partial charge on any atom is 0.0491 e. The average molecular weight is 266 g/mol. The lowest BCUT2D eigenvalue weighted by Crippen LogP contribution is -2.18. The second-order valence-electron chi connectivity index (χ2n) is 4.05. The Hall–Kier alpha value is -0.760. The molecule has 0 fully saturated rings. The van der Waals surface area contributed by atoms with E-state index in [1.165, 1.54) is 35.0 Å². The molecule has 1 aromatic carbocycles. The second kappa shape index (κ2) is 4.84. The lowest BCUT2D eigenvalue weighted by Gasteiger charge is -2.20. The first kappa shape index (κ1) is 10.7. The number of halogens is 1. The van der Waals surface area contributed by atoms with Gasteiger partial charge in [-0.25, -0.2) is 0 Å². The van der Waals surface area contributed by atoms with Gasteiger partial charge in [0.1, 0.15) is 0 Å². The first-order valence-electron chi connectivity index (χ1n) is 5.45. The minimum absolute atomic E-state index is 0.497. The third-order valence-electron chi connectivity index (χ3n) is 2.79. The molecule has 0 spiro atoms. The number of hydrogen-bond acceptors (Lipinski definition) is 1. The van der Waals surface area contributed by atoms with Gasteiger partial charge < -0.3 is 5.32 Å². The summed E-state index contributed by atoms with van der Waals surface area (Å²) in [4.78, 5) is 0. The fraction of sp³-hybridized carbons (Fsp3) is 0.385. The van der Waals surface area contributed by atoms with Crippen molar-refractivity contribution >= 4 is 21.6 Å². The van der Waals surface area contributed by atoms with Crippen molar-refractivity contribution < 1.29 is 0 Å². The molecule has 0 bridgehead atoms. The Balaban J connectivity index is 2.13. The summed E-state index contributed by atoms with van der Waals surface area (Å²) in [6, 6.07) is 6.83. The van der Waals surface area contributed by atoms with Gasteiger partial charge in [0.2, 0.25) is 0 Å². The van der Waals surface area contributed by atoms with Crippen molar-refractivity contribution in [3.05, 3.63) is 40.4 Å². The van der Waals surface area contributed by atoms with Crippen LogP contribution in [0.1, 0.15) is 24.8 Å². The van der Waals surface area contributed by atoms with Crippen LogP contribution in [0.4, 0.5) is 5.69 Å². The zero-order valence-electron chi connectivity index (χ0n) is 8.96. The van der Waals surface area contributed by atoms with E-state index in [4.69, 9.17) is 0 Å². The molecule has 1 aromatic rings. The summed E-state index contributed by atoms with van der Waals surface area (Å²) in [5, 5.41) is 3.56. The molecule has 1 unspecified atom stereocenters. The van der Waals surface area contributed by atoms with Crippen LogP contribution in [0.25, 0.3) is 0 Å². The number of anilines is 1. The summed E-state index contributed by atoms with van der Waals surface area (Å²) < 4.78 is 1.18. The molecular formula is C13H16BrN. The van der Waals surface area contributed by atoms with Crippen LogP contribution in [0.2, 0.25) is 0 Å². The summed E-state index contributed by atoms with van der Waals surface area (Å²) >= 11 is 3.62. The number of hydrogen-bond donors (Lipinski definition) is 1. The second-order valence-corrected chi connectivity index (χ2v) is 4.84. The number of nitrogens with one attached hydrogen (secondary N) is 1. The monoisotopic (exact) mass is 265 g/mol. The Kier molecular flexibility index (Phi) is 3.47. The molecule has 0 aliphatic heterocycles. The molecule has 80 valence electrons. The molecule has 0 saturated carbocycles. The molecule has 1 N–H and O–H groups in total. The molecule has 0 heterocycles. The van der Waals surface area contributed by atoms with Crippen molar-refractivity contribution in [3.8, 4) is 0 Å². The molecule has 1 nitrogen and oxygen atoms in total. The van der Waals surface area contributed by atoms with Gasteiger partial charge in [0.15, 0.2) is 0 Å². The van der Waals surface area contributed by atoms with Crippen LogP contribution >= 0.6 is 15.9 Å². The lowest BCUT2D eigenvalue weighted by molar-refractivity contribution is 0.673. The van der Waals surface area contributed by atoms with Gasteiger partial charge in [-0.1, -0.05) is 24.3 Å². The van der Waals surface area contributed by atoms with Crippen molar-refractivity contribution in [1.29, 1.82) is 0 Å². The summed E-state index contributed by atoms with van der Waals surface area (Å²) in [6.45, 7) is 2.12. The summed E-state index contributed by atoms with van der Waals surface area (Å²) in [5.41, 5.74) is 2.48. The number of allylic oxidation sites excluding steroid dienone is 1. The summed E-state index contributed by atoms with van der Waals surface area (Å²) in [5.74, 6) is 0. The average Bonchev–Trinajstić information content (AvgIpc) is 2.26. The van der Waals surface area contributed by atoms with Crippen LogP contribution < -0.4 is 5.32 Å². The van der Waals surface area contributed by atoms with E-state index in [0.29, 0.717) is 6.04 Å². The highest BCUT2D eigenvalue weighted by atomic mass is 79.9. The zero-order valence-corrected chi connectivity index (χ0v) is 10.5. The topological polar surface area (TPSA) is 12.0 Å². The van der Waals surface area contributed by atoms with Crippen LogP contribution in [0.5, 0.6) is 0 Å². The number of benzene rings is 1. The van der Waals surface area contributed by atoms with E-state index >= 15 is 0 Å². The van der Waals surface area contributed by atoms with Gasteiger partial charge in [0.25, 0.3) is 0 Å². The predicted molar refractivity (Wildman–Crippen MR) is 69.3 cm³/mol. The van der Waals surface area contributed by atoms with E-state index in [1.54, 1.807) is 0 Å². The Morgan fingerprint density at radius 2 is 2.27 bits per heavy atom. The minimum atomic E-state index is 0.497. The van der Waals surface area contributed by atoms with Gasteiger partial charge >= 0.3 is 0 Å². The molecule has 1 atom stereocenters. The molecule has 0 saturated heterocycles. The van der Waals surface area contributed by atoms with E-state index in [9.17, 15) is 0 Å². The standard InChI is InChI=1S/C13H16BrN/c1-10-6-5-9-12(13(10)14)15-11-7-3-2-4-8-11/h3,5-7,9,11,15H,2,4,8H2,1H3. The minimum Gasteiger partial charge on any atom is -0.378 e. The Morgan fingerprint density at radius 3 is 3.00 bits per heavy atom. The first-order chi connectivity index (χ1) is 7.27. The van der Waals surface area contributed by atoms with Crippen LogP contribution in [-0.2, 0) is 0 Å². The van der Waals surface area contributed by atoms with Gasteiger partial charge in [-0.3, -0.25) is 0 Å². The third-order valence-corrected chi connectivity index (χ3v) is 3.84. The number of aryl methyl sites for hydroxylation is 1. The van der Waals surface area contributed by atoms with Crippen LogP contribution in [0, 0.1) is 6.92 Å². The molecule has 1 aliphatic rings. The Morgan fingerprint density at radius 1 is 1.40 bits per heavy atom. The molecule has 0 radical (unpaired) electrons. The normalized spacial score (nSPS) is 20.3. The highest BCUT2D eigenvalue weighted by molar-refractivity contribution is 9.10.